The van der Waals surface area contributed by atoms with E-state index >= 15 is 0 Å². The standard InChI is InChI=1S/C22H27N5O/c1-3-27-11-9-17-13-19(25-18-12-15(2)8-10-23-18)26-21(20(17)22(27)28)24-14-16-6-4-5-7-16/h8-13,16H,3-7,14H2,1-2H3,(H2,23,24,25,26). The molecule has 3 heterocycles. The summed E-state index contributed by atoms with van der Waals surface area (Å²) >= 11 is 0. The van der Waals surface area contributed by atoms with Gasteiger partial charge in [0.05, 0.1) is 5.39 Å². The lowest BCUT2D eigenvalue weighted by Gasteiger charge is -2.15. The first-order valence-corrected chi connectivity index (χ1v) is 10.1. The zero-order valence-corrected chi connectivity index (χ0v) is 16.5. The third-order valence-electron chi connectivity index (χ3n) is 5.50. The molecule has 0 atom stereocenters. The lowest BCUT2D eigenvalue weighted by molar-refractivity contribution is 0.579. The van der Waals surface area contributed by atoms with Crippen LogP contribution < -0.4 is 16.2 Å². The van der Waals surface area contributed by atoms with Gasteiger partial charge in [-0.15, -0.1) is 0 Å². The monoisotopic (exact) mass is 377 g/mol. The minimum absolute atomic E-state index is 0.00153. The third-order valence-corrected chi connectivity index (χ3v) is 5.50. The smallest absolute Gasteiger partial charge is 0.262 e. The molecule has 2 N–H and O–H groups in total. The van der Waals surface area contributed by atoms with Gasteiger partial charge < -0.3 is 15.2 Å². The minimum Gasteiger partial charge on any atom is -0.369 e. The molecule has 1 aliphatic carbocycles. The molecule has 1 fully saturated rings. The topological polar surface area (TPSA) is 71.8 Å². The fourth-order valence-electron chi connectivity index (χ4n) is 3.93. The molecule has 0 unspecified atom stereocenters. The number of fused-ring (bicyclic) bond motifs is 1. The molecule has 0 radical (unpaired) electrons. The van der Waals surface area contributed by atoms with E-state index in [-0.39, 0.29) is 5.56 Å². The average molecular weight is 377 g/mol. The fourth-order valence-corrected chi connectivity index (χ4v) is 3.93. The van der Waals surface area contributed by atoms with E-state index in [0.29, 0.717) is 29.5 Å². The molecular formula is C22H27N5O. The van der Waals surface area contributed by atoms with Gasteiger partial charge in [-0.05, 0) is 67.8 Å². The highest BCUT2D eigenvalue weighted by Gasteiger charge is 2.17. The highest BCUT2D eigenvalue weighted by atomic mass is 16.1. The Balaban J connectivity index is 1.73. The normalized spacial score (nSPS) is 14.5. The Kier molecular flexibility index (Phi) is 5.28. The fraction of sp³-hybridized carbons (Fsp3) is 0.409. The number of aryl methyl sites for hydroxylation is 2. The van der Waals surface area contributed by atoms with Gasteiger partial charge in [0.1, 0.15) is 17.5 Å². The van der Waals surface area contributed by atoms with Crippen molar-refractivity contribution in [2.24, 2.45) is 5.92 Å². The van der Waals surface area contributed by atoms with Crippen LogP contribution >= 0.6 is 0 Å². The number of rotatable bonds is 6. The van der Waals surface area contributed by atoms with Crippen LogP contribution in [-0.2, 0) is 6.54 Å². The summed E-state index contributed by atoms with van der Waals surface area (Å²) < 4.78 is 1.72. The molecule has 3 aromatic heterocycles. The van der Waals surface area contributed by atoms with Gasteiger partial charge in [0.15, 0.2) is 0 Å². The number of hydrogen-bond acceptors (Lipinski definition) is 5. The molecule has 3 aromatic rings. The second-order valence-corrected chi connectivity index (χ2v) is 7.60. The van der Waals surface area contributed by atoms with Crippen molar-refractivity contribution in [2.45, 2.75) is 46.1 Å². The Hall–Kier alpha value is -2.89. The molecule has 1 aliphatic rings. The molecule has 0 aliphatic heterocycles. The first-order chi connectivity index (χ1) is 13.6. The summed E-state index contributed by atoms with van der Waals surface area (Å²) in [6.45, 7) is 5.51. The lowest BCUT2D eigenvalue weighted by Crippen LogP contribution is -2.21. The maximum absolute atomic E-state index is 12.9. The average Bonchev–Trinajstić information content (AvgIpc) is 3.20. The van der Waals surface area contributed by atoms with E-state index in [0.717, 1.165) is 23.3 Å². The maximum Gasteiger partial charge on any atom is 0.262 e. The first-order valence-electron chi connectivity index (χ1n) is 10.1. The van der Waals surface area contributed by atoms with Crippen LogP contribution in [0.4, 0.5) is 17.5 Å². The van der Waals surface area contributed by atoms with Crippen molar-refractivity contribution < 1.29 is 0 Å². The van der Waals surface area contributed by atoms with E-state index in [2.05, 4.69) is 15.6 Å². The van der Waals surface area contributed by atoms with E-state index in [9.17, 15) is 4.79 Å². The van der Waals surface area contributed by atoms with Gasteiger partial charge in [-0.2, -0.15) is 0 Å². The molecule has 28 heavy (non-hydrogen) atoms. The van der Waals surface area contributed by atoms with Gasteiger partial charge in [0, 0.05) is 25.5 Å². The van der Waals surface area contributed by atoms with E-state index in [4.69, 9.17) is 4.98 Å². The highest BCUT2D eigenvalue weighted by molar-refractivity contribution is 5.93. The predicted molar refractivity (Wildman–Crippen MR) is 114 cm³/mol. The van der Waals surface area contributed by atoms with Crippen LogP contribution in [0.5, 0.6) is 0 Å². The molecule has 6 nitrogen and oxygen atoms in total. The van der Waals surface area contributed by atoms with Crippen molar-refractivity contribution in [2.75, 3.05) is 17.2 Å². The molecule has 146 valence electrons. The predicted octanol–water partition coefficient (Wildman–Crippen LogP) is 4.47. The number of nitrogens with zero attached hydrogens (tertiary/aromatic N) is 3. The number of hydrogen-bond donors (Lipinski definition) is 2. The quantitative estimate of drug-likeness (QED) is 0.663. The van der Waals surface area contributed by atoms with Crippen LogP contribution in [0.1, 0.15) is 38.2 Å². The zero-order valence-electron chi connectivity index (χ0n) is 16.5. The van der Waals surface area contributed by atoms with Gasteiger partial charge >= 0.3 is 0 Å². The van der Waals surface area contributed by atoms with Crippen LogP contribution in [0, 0.1) is 12.8 Å². The van der Waals surface area contributed by atoms with Crippen molar-refractivity contribution >= 4 is 28.2 Å². The van der Waals surface area contributed by atoms with Crippen molar-refractivity contribution in [1.29, 1.82) is 0 Å². The largest absolute Gasteiger partial charge is 0.369 e. The third kappa shape index (κ3) is 3.86. The molecule has 0 saturated heterocycles. The second-order valence-electron chi connectivity index (χ2n) is 7.60. The van der Waals surface area contributed by atoms with E-state index in [1.54, 1.807) is 10.8 Å². The SMILES string of the molecule is CCn1ccc2cc(Nc3cc(C)ccn3)nc(NCC3CCCC3)c2c1=O. The van der Waals surface area contributed by atoms with E-state index in [1.165, 1.54) is 25.7 Å². The number of aromatic nitrogens is 3. The van der Waals surface area contributed by atoms with Crippen molar-refractivity contribution in [3.63, 3.8) is 0 Å². The zero-order chi connectivity index (χ0) is 19.5. The van der Waals surface area contributed by atoms with Gasteiger partial charge in [-0.1, -0.05) is 12.8 Å². The van der Waals surface area contributed by atoms with E-state index < -0.39 is 0 Å². The lowest BCUT2D eigenvalue weighted by atomic mass is 10.1. The molecule has 4 rings (SSSR count). The highest BCUT2D eigenvalue weighted by Crippen LogP contribution is 2.27. The number of pyridine rings is 3. The van der Waals surface area contributed by atoms with Crippen molar-refractivity contribution in [3.8, 4) is 0 Å². The van der Waals surface area contributed by atoms with Crippen LogP contribution in [0.2, 0.25) is 0 Å². The van der Waals surface area contributed by atoms with Crippen LogP contribution in [0.3, 0.4) is 0 Å². The molecule has 0 spiro atoms. The Morgan fingerprint density at radius 1 is 1.18 bits per heavy atom. The van der Waals surface area contributed by atoms with Gasteiger partial charge in [0.25, 0.3) is 5.56 Å². The van der Waals surface area contributed by atoms with Crippen molar-refractivity contribution in [3.05, 3.63) is 52.6 Å². The minimum atomic E-state index is 0.00153. The molecule has 0 bridgehead atoms. The Bertz CT molecular complexity index is 1040. The molecule has 1 saturated carbocycles. The second kappa shape index (κ2) is 8.00. The Labute approximate surface area is 165 Å². The van der Waals surface area contributed by atoms with Gasteiger partial charge in [-0.25, -0.2) is 9.97 Å². The first kappa shape index (κ1) is 18.5. The summed E-state index contributed by atoms with van der Waals surface area (Å²) in [6.07, 6.45) is 8.70. The molecule has 0 aromatic carbocycles. The summed E-state index contributed by atoms with van der Waals surface area (Å²) in [5, 5.41) is 8.30. The molecule has 0 amide bonds. The molecular weight excluding hydrogens is 350 g/mol. The number of anilines is 3. The van der Waals surface area contributed by atoms with Crippen LogP contribution in [0.15, 0.2) is 41.5 Å². The molecule has 6 heteroatoms. The van der Waals surface area contributed by atoms with Gasteiger partial charge in [-0.3, -0.25) is 4.79 Å². The van der Waals surface area contributed by atoms with Crippen LogP contribution in [-0.4, -0.2) is 21.1 Å². The van der Waals surface area contributed by atoms with E-state index in [1.807, 2.05) is 44.3 Å². The Morgan fingerprint density at radius 2 is 2.00 bits per heavy atom. The van der Waals surface area contributed by atoms with Gasteiger partial charge in [0.2, 0.25) is 0 Å². The summed E-state index contributed by atoms with van der Waals surface area (Å²) in [5.41, 5.74) is 1.13. The summed E-state index contributed by atoms with van der Waals surface area (Å²) in [6, 6.07) is 7.84. The van der Waals surface area contributed by atoms with Crippen molar-refractivity contribution in [1.82, 2.24) is 14.5 Å². The summed E-state index contributed by atoms with van der Waals surface area (Å²) in [5.74, 6) is 2.75. The number of nitrogens with one attached hydrogen (secondary N) is 2. The van der Waals surface area contributed by atoms with Crippen LogP contribution in [0.25, 0.3) is 10.8 Å². The Morgan fingerprint density at radius 3 is 2.75 bits per heavy atom. The maximum atomic E-state index is 12.9. The summed E-state index contributed by atoms with van der Waals surface area (Å²) in [7, 11) is 0. The summed E-state index contributed by atoms with van der Waals surface area (Å²) in [4.78, 5) is 22.0.